The van der Waals surface area contributed by atoms with Crippen molar-refractivity contribution in [3.8, 4) is 0 Å². The molecule has 0 radical (unpaired) electrons. The predicted octanol–water partition coefficient (Wildman–Crippen LogP) is 3.35. The molecule has 0 aromatic carbocycles. The molecule has 2 heterocycles. The molecule has 0 bridgehead atoms. The first-order chi connectivity index (χ1) is 9.01. The first-order valence-electron chi connectivity index (χ1n) is 6.52. The summed E-state index contributed by atoms with van der Waals surface area (Å²) in [7, 11) is 0. The Kier molecular flexibility index (Phi) is 4.14. The number of aryl methyl sites for hydroxylation is 2. The van der Waals surface area contributed by atoms with Crippen LogP contribution < -0.4 is 0 Å². The summed E-state index contributed by atoms with van der Waals surface area (Å²) < 4.78 is 1.92. The van der Waals surface area contributed by atoms with Gasteiger partial charge in [0, 0.05) is 12.2 Å². The number of carbonyl (C=O) groups is 1. The fourth-order valence-corrected chi connectivity index (χ4v) is 2.80. The second-order valence-corrected chi connectivity index (χ2v) is 5.99. The summed E-state index contributed by atoms with van der Waals surface area (Å²) in [6.45, 7) is 8.05. The number of carbonyl (C=O) groups excluding carboxylic acids is 1. The molecular formula is C14H19N3OS. The summed E-state index contributed by atoms with van der Waals surface area (Å²) in [5.41, 5.74) is 1.66. The number of Topliss-reactive ketones (excluding diaryl/α,β-unsaturated/α-hetero) is 1. The standard InChI is InChI=1S/C14H19N3OS/c1-5-9(2)17-7-6-12(16-17)8-13(18)14-10(3)15-11(4)19-14/h6-7,9H,5,8H2,1-4H3. The van der Waals surface area contributed by atoms with E-state index in [1.807, 2.05) is 30.8 Å². The number of hydrogen-bond donors (Lipinski definition) is 0. The van der Waals surface area contributed by atoms with Gasteiger partial charge in [0.25, 0.3) is 0 Å². The molecule has 0 aliphatic rings. The van der Waals surface area contributed by atoms with E-state index >= 15 is 0 Å². The van der Waals surface area contributed by atoms with Crippen LogP contribution in [0.15, 0.2) is 12.3 Å². The lowest BCUT2D eigenvalue weighted by molar-refractivity contribution is 0.0995. The number of nitrogens with zero attached hydrogens (tertiary/aromatic N) is 3. The maximum absolute atomic E-state index is 12.2. The van der Waals surface area contributed by atoms with Gasteiger partial charge in [-0.05, 0) is 33.3 Å². The third-order valence-electron chi connectivity index (χ3n) is 3.20. The Morgan fingerprint density at radius 2 is 2.21 bits per heavy atom. The Bertz CT molecular complexity index is 585. The molecule has 0 fully saturated rings. The van der Waals surface area contributed by atoms with Gasteiger partial charge in [-0.2, -0.15) is 5.10 Å². The van der Waals surface area contributed by atoms with Crippen LogP contribution in [0, 0.1) is 13.8 Å². The molecule has 1 atom stereocenters. The van der Waals surface area contributed by atoms with Crippen LogP contribution in [-0.4, -0.2) is 20.5 Å². The second kappa shape index (κ2) is 5.65. The lowest BCUT2D eigenvalue weighted by Crippen LogP contribution is -2.07. The minimum Gasteiger partial charge on any atom is -0.293 e. The first-order valence-corrected chi connectivity index (χ1v) is 7.34. The van der Waals surface area contributed by atoms with E-state index in [2.05, 4.69) is 23.9 Å². The van der Waals surface area contributed by atoms with E-state index in [0.717, 1.165) is 27.7 Å². The van der Waals surface area contributed by atoms with Crippen LogP contribution in [0.3, 0.4) is 0 Å². The summed E-state index contributed by atoms with van der Waals surface area (Å²) in [6.07, 6.45) is 3.33. The van der Waals surface area contributed by atoms with E-state index in [-0.39, 0.29) is 5.78 Å². The van der Waals surface area contributed by atoms with E-state index in [0.29, 0.717) is 12.5 Å². The second-order valence-electron chi connectivity index (χ2n) is 4.79. The van der Waals surface area contributed by atoms with Gasteiger partial charge in [0.1, 0.15) is 0 Å². The lowest BCUT2D eigenvalue weighted by Gasteiger charge is -2.07. The third-order valence-corrected chi connectivity index (χ3v) is 4.32. The molecular weight excluding hydrogens is 258 g/mol. The number of ketones is 1. The van der Waals surface area contributed by atoms with Gasteiger partial charge in [0.05, 0.1) is 27.7 Å². The molecule has 2 aromatic rings. The maximum atomic E-state index is 12.2. The molecule has 0 saturated heterocycles. The topological polar surface area (TPSA) is 47.8 Å². The molecule has 5 heteroatoms. The first kappa shape index (κ1) is 13.9. The van der Waals surface area contributed by atoms with Crippen LogP contribution in [0.25, 0.3) is 0 Å². The molecule has 2 aromatic heterocycles. The Balaban J connectivity index is 2.11. The van der Waals surface area contributed by atoms with E-state index in [9.17, 15) is 4.79 Å². The van der Waals surface area contributed by atoms with Gasteiger partial charge in [0.15, 0.2) is 5.78 Å². The summed E-state index contributed by atoms with van der Waals surface area (Å²) in [5, 5.41) is 5.40. The van der Waals surface area contributed by atoms with Crippen LogP contribution in [0.2, 0.25) is 0 Å². The quantitative estimate of drug-likeness (QED) is 0.787. The highest BCUT2D eigenvalue weighted by molar-refractivity contribution is 7.13. The van der Waals surface area contributed by atoms with Gasteiger partial charge in [-0.1, -0.05) is 6.92 Å². The molecule has 0 amide bonds. The number of hydrogen-bond acceptors (Lipinski definition) is 4. The smallest absolute Gasteiger partial charge is 0.180 e. The van der Waals surface area contributed by atoms with Gasteiger partial charge >= 0.3 is 0 Å². The van der Waals surface area contributed by atoms with Gasteiger partial charge in [-0.25, -0.2) is 4.98 Å². The lowest BCUT2D eigenvalue weighted by atomic mass is 10.2. The largest absolute Gasteiger partial charge is 0.293 e. The number of rotatable bonds is 5. The van der Waals surface area contributed by atoms with Crippen LogP contribution >= 0.6 is 11.3 Å². The predicted molar refractivity (Wildman–Crippen MR) is 76.9 cm³/mol. The van der Waals surface area contributed by atoms with Crippen LogP contribution in [0.5, 0.6) is 0 Å². The Hall–Kier alpha value is -1.49. The molecule has 1 unspecified atom stereocenters. The molecule has 4 nitrogen and oxygen atoms in total. The zero-order chi connectivity index (χ0) is 14.0. The normalized spacial score (nSPS) is 12.6. The fourth-order valence-electron chi connectivity index (χ4n) is 1.94. The summed E-state index contributed by atoms with van der Waals surface area (Å²) in [4.78, 5) is 17.3. The van der Waals surface area contributed by atoms with Crippen molar-refractivity contribution in [2.24, 2.45) is 0 Å². The average molecular weight is 277 g/mol. The van der Waals surface area contributed by atoms with Crippen molar-refractivity contribution in [2.75, 3.05) is 0 Å². The van der Waals surface area contributed by atoms with Crippen LogP contribution in [0.4, 0.5) is 0 Å². The van der Waals surface area contributed by atoms with Crippen molar-refractivity contribution >= 4 is 17.1 Å². The average Bonchev–Trinajstić information content (AvgIpc) is 2.95. The summed E-state index contributed by atoms with van der Waals surface area (Å²) >= 11 is 1.46. The molecule has 0 saturated carbocycles. The number of aromatic nitrogens is 3. The maximum Gasteiger partial charge on any atom is 0.180 e. The van der Waals surface area contributed by atoms with Crippen molar-refractivity contribution < 1.29 is 4.79 Å². The summed E-state index contributed by atoms with van der Waals surface area (Å²) in [6, 6.07) is 2.30. The molecule has 0 aliphatic carbocycles. The highest BCUT2D eigenvalue weighted by Gasteiger charge is 2.16. The monoisotopic (exact) mass is 277 g/mol. The molecule has 2 rings (SSSR count). The van der Waals surface area contributed by atoms with Crippen molar-refractivity contribution in [2.45, 2.75) is 46.6 Å². The molecule has 0 aliphatic heterocycles. The SMILES string of the molecule is CCC(C)n1ccc(CC(=O)c2sc(C)nc2C)n1. The molecule has 0 spiro atoms. The minimum atomic E-state index is 0.109. The van der Waals surface area contributed by atoms with Crippen molar-refractivity contribution in [1.29, 1.82) is 0 Å². The Morgan fingerprint density at radius 1 is 1.47 bits per heavy atom. The van der Waals surface area contributed by atoms with E-state index in [1.165, 1.54) is 11.3 Å². The van der Waals surface area contributed by atoms with Gasteiger partial charge < -0.3 is 0 Å². The van der Waals surface area contributed by atoms with Gasteiger partial charge in [-0.3, -0.25) is 9.48 Å². The van der Waals surface area contributed by atoms with Gasteiger partial charge in [-0.15, -0.1) is 11.3 Å². The molecule has 19 heavy (non-hydrogen) atoms. The van der Waals surface area contributed by atoms with Crippen molar-refractivity contribution in [3.05, 3.63) is 33.5 Å². The Labute approximate surface area is 117 Å². The third kappa shape index (κ3) is 3.10. The highest BCUT2D eigenvalue weighted by atomic mass is 32.1. The Morgan fingerprint density at radius 3 is 2.79 bits per heavy atom. The van der Waals surface area contributed by atoms with Crippen LogP contribution in [0.1, 0.15) is 52.4 Å². The van der Waals surface area contributed by atoms with Crippen LogP contribution in [-0.2, 0) is 6.42 Å². The fraction of sp³-hybridized carbons (Fsp3) is 0.500. The van der Waals surface area contributed by atoms with Crippen molar-refractivity contribution in [1.82, 2.24) is 14.8 Å². The molecule has 0 N–H and O–H groups in total. The van der Waals surface area contributed by atoms with Gasteiger partial charge in [0.2, 0.25) is 0 Å². The number of thiazole rings is 1. The highest BCUT2D eigenvalue weighted by Crippen LogP contribution is 2.19. The van der Waals surface area contributed by atoms with E-state index in [4.69, 9.17) is 0 Å². The summed E-state index contributed by atoms with van der Waals surface area (Å²) in [5.74, 6) is 0.109. The van der Waals surface area contributed by atoms with Crippen molar-refractivity contribution in [3.63, 3.8) is 0 Å². The zero-order valence-electron chi connectivity index (χ0n) is 11.8. The minimum absolute atomic E-state index is 0.109. The zero-order valence-corrected chi connectivity index (χ0v) is 12.6. The van der Waals surface area contributed by atoms with E-state index < -0.39 is 0 Å². The molecule has 102 valence electrons. The van der Waals surface area contributed by atoms with E-state index in [1.54, 1.807) is 0 Å².